The molecule has 1 heterocycles. The Balaban J connectivity index is 2.14. The summed E-state index contributed by atoms with van der Waals surface area (Å²) in [7, 11) is 1.64. The van der Waals surface area contributed by atoms with Gasteiger partial charge in [0.25, 0.3) is 0 Å². The van der Waals surface area contributed by atoms with E-state index in [1.54, 1.807) is 13.3 Å². The molecular formula is C15H18N2O. The van der Waals surface area contributed by atoms with Gasteiger partial charge in [-0.3, -0.25) is 0 Å². The van der Waals surface area contributed by atoms with Crippen molar-refractivity contribution in [2.45, 2.75) is 20.4 Å². The average Bonchev–Trinajstić information content (AvgIpc) is 2.40. The van der Waals surface area contributed by atoms with E-state index in [0.717, 1.165) is 11.3 Å². The quantitative estimate of drug-likeness (QED) is 0.893. The lowest BCUT2D eigenvalue weighted by atomic mass is 10.1. The zero-order valence-electron chi connectivity index (χ0n) is 11.0. The van der Waals surface area contributed by atoms with Crippen molar-refractivity contribution in [3.8, 4) is 5.88 Å². The van der Waals surface area contributed by atoms with Crippen molar-refractivity contribution in [2.24, 2.45) is 0 Å². The molecule has 0 saturated carbocycles. The van der Waals surface area contributed by atoms with Crippen LogP contribution in [0.5, 0.6) is 5.88 Å². The fraction of sp³-hybridized carbons (Fsp3) is 0.267. The van der Waals surface area contributed by atoms with Gasteiger partial charge >= 0.3 is 0 Å². The molecule has 1 aromatic heterocycles. The van der Waals surface area contributed by atoms with Gasteiger partial charge in [-0.1, -0.05) is 18.2 Å². The van der Waals surface area contributed by atoms with E-state index in [-0.39, 0.29) is 0 Å². The maximum Gasteiger partial charge on any atom is 0.218 e. The molecule has 0 fully saturated rings. The first kappa shape index (κ1) is 12.4. The molecule has 18 heavy (non-hydrogen) atoms. The summed E-state index contributed by atoms with van der Waals surface area (Å²) in [6.07, 6.45) is 1.74. The van der Waals surface area contributed by atoms with E-state index in [0.29, 0.717) is 12.4 Å². The number of anilines is 1. The molecule has 0 radical (unpaired) electrons. The van der Waals surface area contributed by atoms with Crippen LogP contribution in [0.4, 0.5) is 5.69 Å². The second-order valence-corrected chi connectivity index (χ2v) is 4.34. The van der Waals surface area contributed by atoms with Gasteiger partial charge < -0.3 is 10.1 Å². The van der Waals surface area contributed by atoms with Crippen molar-refractivity contribution in [1.82, 2.24) is 4.98 Å². The largest absolute Gasteiger partial charge is 0.481 e. The molecule has 3 nitrogen and oxygen atoms in total. The van der Waals surface area contributed by atoms with Gasteiger partial charge in [-0.05, 0) is 37.1 Å². The van der Waals surface area contributed by atoms with Crippen molar-refractivity contribution >= 4 is 5.69 Å². The lowest BCUT2D eigenvalue weighted by molar-refractivity contribution is 0.393. The van der Waals surface area contributed by atoms with Crippen molar-refractivity contribution in [2.75, 3.05) is 12.4 Å². The Kier molecular flexibility index (Phi) is 3.82. The van der Waals surface area contributed by atoms with Crippen LogP contribution >= 0.6 is 0 Å². The van der Waals surface area contributed by atoms with Crippen molar-refractivity contribution < 1.29 is 4.74 Å². The Morgan fingerprint density at radius 3 is 2.83 bits per heavy atom. The van der Waals surface area contributed by atoms with E-state index in [1.807, 2.05) is 12.1 Å². The lowest BCUT2D eigenvalue weighted by Gasteiger charge is -2.12. The highest BCUT2D eigenvalue weighted by Crippen LogP contribution is 2.19. The van der Waals surface area contributed by atoms with Crippen molar-refractivity contribution in [3.63, 3.8) is 0 Å². The topological polar surface area (TPSA) is 34.1 Å². The van der Waals surface area contributed by atoms with Crippen LogP contribution in [0.3, 0.4) is 0 Å². The molecule has 0 unspecified atom stereocenters. The van der Waals surface area contributed by atoms with E-state index < -0.39 is 0 Å². The number of aryl methyl sites for hydroxylation is 2. The molecule has 0 saturated heterocycles. The maximum absolute atomic E-state index is 5.24. The molecule has 0 aliphatic heterocycles. The van der Waals surface area contributed by atoms with Crippen molar-refractivity contribution in [1.29, 1.82) is 0 Å². The molecule has 2 aromatic rings. The molecule has 0 atom stereocenters. The van der Waals surface area contributed by atoms with Crippen LogP contribution in [0.25, 0.3) is 0 Å². The molecule has 1 aromatic carbocycles. The van der Waals surface area contributed by atoms with Gasteiger partial charge in [-0.15, -0.1) is 0 Å². The van der Waals surface area contributed by atoms with Gasteiger partial charge in [0.1, 0.15) is 0 Å². The monoisotopic (exact) mass is 242 g/mol. The van der Waals surface area contributed by atoms with E-state index in [9.17, 15) is 0 Å². The number of benzene rings is 1. The summed E-state index contributed by atoms with van der Waals surface area (Å²) in [6.45, 7) is 4.90. The molecule has 1 N–H and O–H groups in total. The number of pyridine rings is 1. The highest BCUT2D eigenvalue weighted by Gasteiger charge is 2.04. The SMILES string of the molecule is COc1ncccc1CNc1cc(C)ccc1C. The van der Waals surface area contributed by atoms with Crippen LogP contribution in [0, 0.1) is 13.8 Å². The molecule has 94 valence electrons. The van der Waals surface area contributed by atoms with Gasteiger partial charge in [0.05, 0.1) is 7.11 Å². The Morgan fingerprint density at radius 2 is 2.06 bits per heavy atom. The third-order valence-electron chi connectivity index (χ3n) is 2.91. The Morgan fingerprint density at radius 1 is 1.22 bits per heavy atom. The molecule has 3 heteroatoms. The van der Waals surface area contributed by atoms with Crippen LogP contribution in [0.2, 0.25) is 0 Å². The van der Waals surface area contributed by atoms with Gasteiger partial charge in [0.2, 0.25) is 5.88 Å². The summed E-state index contributed by atoms with van der Waals surface area (Å²) in [5, 5.41) is 3.42. The Hall–Kier alpha value is -2.03. The van der Waals surface area contributed by atoms with E-state index in [1.165, 1.54) is 11.1 Å². The van der Waals surface area contributed by atoms with Crippen LogP contribution in [0.1, 0.15) is 16.7 Å². The Labute approximate surface area is 108 Å². The maximum atomic E-state index is 5.24. The number of methoxy groups -OCH3 is 1. The predicted octanol–water partition coefficient (Wildman–Crippen LogP) is 3.32. The summed E-state index contributed by atoms with van der Waals surface area (Å²) >= 11 is 0. The Bertz CT molecular complexity index is 538. The minimum atomic E-state index is 0.676. The van der Waals surface area contributed by atoms with Gasteiger partial charge in [-0.2, -0.15) is 0 Å². The summed E-state index contributed by atoms with van der Waals surface area (Å²) < 4.78 is 5.24. The number of nitrogens with one attached hydrogen (secondary N) is 1. The minimum Gasteiger partial charge on any atom is -0.481 e. The second-order valence-electron chi connectivity index (χ2n) is 4.34. The summed E-state index contributed by atoms with van der Waals surface area (Å²) in [4.78, 5) is 4.19. The first-order valence-electron chi connectivity index (χ1n) is 5.99. The number of nitrogens with zero attached hydrogens (tertiary/aromatic N) is 1. The van der Waals surface area contributed by atoms with Gasteiger partial charge in [0.15, 0.2) is 0 Å². The molecule has 0 spiro atoms. The number of ether oxygens (including phenoxy) is 1. The first-order chi connectivity index (χ1) is 8.70. The average molecular weight is 242 g/mol. The highest BCUT2D eigenvalue weighted by molar-refractivity contribution is 5.53. The molecule has 0 bridgehead atoms. The molecule has 0 aliphatic carbocycles. The fourth-order valence-electron chi connectivity index (χ4n) is 1.86. The molecule has 0 amide bonds. The normalized spacial score (nSPS) is 10.2. The third kappa shape index (κ3) is 2.80. The fourth-order valence-corrected chi connectivity index (χ4v) is 1.86. The van der Waals surface area contributed by atoms with E-state index in [2.05, 4.69) is 42.3 Å². The van der Waals surface area contributed by atoms with Crippen LogP contribution in [-0.4, -0.2) is 12.1 Å². The molecule has 0 aliphatic rings. The number of hydrogen-bond acceptors (Lipinski definition) is 3. The highest BCUT2D eigenvalue weighted by atomic mass is 16.5. The zero-order valence-corrected chi connectivity index (χ0v) is 11.0. The van der Waals surface area contributed by atoms with E-state index in [4.69, 9.17) is 4.74 Å². The minimum absolute atomic E-state index is 0.676. The standard InChI is InChI=1S/C15H18N2O/c1-11-6-7-12(2)14(9-11)17-10-13-5-4-8-16-15(13)18-3/h4-9,17H,10H2,1-3H3. The van der Waals surface area contributed by atoms with Crippen LogP contribution in [0.15, 0.2) is 36.5 Å². The smallest absolute Gasteiger partial charge is 0.218 e. The number of rotatable bonds is 4. The number of hydrogen-bond donors (Lipinski definition) is 1. The van der Waals surface area contributed by atoms with Gasteiger partial charge in [0, 0.05) is 24.0 Å². The first-order valence-corrected chi connectivity index (χ1v) is 5.99. The van der Waals surface area contributed by atoms with Crippen molar-refractivity contribution in [3.05, 3.63) is 53.2 Å². The number of aromatic nitrogens is 1. The van der Waals surface area contributed by atoms with Crippen LogP contribution < -0.4 is 10.1 Å². The molecule has 2 rings (SSSR count). The summed E-state index contributed by atoms with van der Waals surface area (Å²) in [5.41, 5.74) is 4.70. The summed E-state index contributed by atoms with van der Waals surface area (Å²) in [6, 6.07) is 10.3. The predicted molar refractivity (Wildman–Crippen MR) is 74.0 cm³/mol. The summed E-state index contributed by atoms with van der Waals surface area (Å²) in [5.74, 6) is 0.676. The molecular weight excluding hydrogens is 224 g/mol. The lowest BCUT2D eigenvalue weighted by Crippen LogP contribution is -2.04. The zero-order chi connectivity index (χ0) is 13.0. The van der Waals surface area contributed by atoms with Crippen LogP contribution in [-0.2, 0) is 6.54 Å². The third-order valence-corrected chi connectivity index (χ3v) is 2.91. The van der Waals surface area contributed by atoms with E-state index >= 15 is 0 Å². The van der Waals surface area contributed by atoms with Gasteiger partial charge in [-0.25, -0.2) is 4.98 Å². The second kappa shape index (κ2) is 5.54.